The van der Waals surface area contributed by atoms with Gasteiger partial charge in [0.15, 0.2) is 5.84 Å². The Bertz CT molecular complexity index is 382. The summed E-state index contributed by atoms with van der Waals surface area (Å²) >= 11 is 6.00. The second-order valence-corrected chi connectivity index (χ2v) is 3.54. The normalized spacial score (nSPS) is 11.5. The summed E-state index contributed by atoms with van der Waals surface area (Å²) in [5, 5.41) is 11.7. The first-order chi connectivity index (χ1) is 7.70. The highest BCUT2D eigenvalue weighted by Crippen LogP contribution is 2.25. The molecule has 0 saturated carbocycles. The van der Waals surface area contributed by atoms with Crippen LogP contribution in [0.15, 0.2) is 17.4 Å². The minimum Gasteiger partial charge on any atom is -0.477 e. The van der Waals surface area contributed by atoms with Gasteiger partial charge in [-0.1, -0.05) is 30.1 Å². The Balaban J connectivity index is 2.86. The number of hydrogen-bond acceptors (Lipinski definition) is 4. The van der Waals surface area contributed by atoms with Crippen molar-refractivity contribution in [1.29, 1.82) is 0 Å². The number of ether oxygens (including phenoxy) is 1. The zero-order valence-electron chi connectivity index (χ0n) is 8.98. The average Bonchev–Trinajstić information content (AvgIpc) is 2.30. The lowest BCUT2D eigenvalue weighted by molar-refractivity contribution is 0.298. The van der Waals surface area contributed by atoms with Crippen molar-refractivity contribution >= 4 is 17.4 Å². The van der Waals surface area contributed by atoms with Crippen molar-refractivity contribution in [1.82, 2.24) is 4.98 Å². The molecule has 0 aliphatic heterocycles. The number of nitrogens with zero attached hydrogens (tertiary/aromatic N) is 2. The van der Waals surface area contributed by atoms with Gasteiger partial charge in [0, 0.05) is 11.8 Å². The van der Waals surface area contributed by atoms with Gasteiger partial charge in [0.2, 0.25) is 5.88 Å². The molecular weight excluding hydrogens is 230 g/mol. The standard InChI is InChI=1S/C10H14ClN3O2/c1-2-3-6-16-10-8(11)7(4-5-13-10)9(12)14-15/h4-5,15H,2-3,6H2,1H3,(H2,12,14). The van der Waals surface area contributed by atoms with Crippen LogP contribution in [0.2, 0.25) is 5.02 Å². The lowest BCUT2D eigenvalue weighted by Crippen LogP contribution is -2.14. The minimum atomic E-state index is -0.0623. The fraction of sp³-hybridized carbons (Fsp3) is 0.400. The molecule has 16 heavy (non-hydrogen) atoms. The molecule has 88 valence electrons. The number of pyridine rings is 1. The molecule has 6 heteroatoms. The van der Waals surface area contributed by atoms with Gasteiger partial charge in [-0.25, -0.2) is 4.98 Å². The van der Waals surface area contributed by atoms with E-state index in [1.165, 1.54) is 6.20 Å². The van der Waals surface area contributed by atoms with Crippen LogP contribution in [0.3, 0.4) is 0 Å². The lowest BCUT2D eigenvalue weighted by Gasteiger charge is -2.08. The molecule has 0 radical (unpaired) electrons. The van der Waals surface area contributed by atoms with Gasteiger partial charge >= 0.3 is 0 Å². The molecule has 1 heterocycles. The Morgan fingerprint density at radius 1 is 1.69 bits per heavy atom. The van der Waals surface area contributed by atoms with Crippen LogP contribution in [0, 0.1) is 0 Å². The molecule has 5 nitrogen and oxygen atoms in total. The maximum absolute atomic E-state index is 8.56. The van der Waals surface area contributed by atoms with Gasteiger partial charge in [-0.15, -0.1) is 0 Å². The Kier molecular flexibility index (Phi) is 4.85. The Hall–Kier alpha value is -1.49. The smallest absolute Gasteiger partial charge is 0.233 e. The number of hydrogen-bond donors (Lipinski definition) is 2. The molecule has 0 spiro atoms. The quantitative estimate of drug-likeness (QED) is 0.273. The molecule has 3 N–H and O–H groups in total. The van der Waals surface area contributed by atoms with Crippen LogP contribution in [0.1, 0.15) is 25.3 Å². The first-order valence-corrected chi connectivity index (χ1v) is 5.33. The SMILES string of the molecule is CCCCOc1nccc(/C(N)=N/O)c1Cl. The van der Waals surface area contributed by atoms with E-state index in [9.17, 15) is 0 Å². The van der Waals surface area contributed by atoms with Crippen LogP contribution in [0.4, 0.5) is 0 Å². The summed E-state index contributed by atoms with van der Waals surface area (Å²) in [5.41, 5.74) is 5.86. The molecule has 1 aromatic rings. The molecule has 0 aliphatic carbocycles. The maximum atomic E-state index is 8.56. The fourth-order valence-electron chi connectivity index (χ4n) is 1.09. The molecule has 0 fully saturated rings. The lowest BCUT2D eigenvalue weighted by atomic mass is 10.2. The van der Waals surface area contributed by atoms with E-state index in [4.69, 9.17) is 27.3 Å². The third kappa shape index (κ3) is 3.00. The van der Waals surface area contributed by atoms with Gasteiger partial charge in [-0.2, -0.15) is 0 Å². The number of halogens is 1. The molecule has 0 bridgehead atoms. The maximum Gasteiger partial charge on any atom is 0.233 e. The highest BCUT2D eigenvalue weighted by atomic mass is 35.5. The highest BCUT2D eigenvalue weighted by molar-refractivity contribution is 6.35. The number of unbranched alkanes of at least 4 members (excludes halogenated alkanes) is 1. The van der Waals surface area contributed by atoms with Crippen molar-refractivity contribution in [3.05, 3.63) is 22.8 Å². The number of aromatic nitrogens is 1. The molecular formula is C10H14ClN3O2. The Morgan fingerprint density at radius 3 is 3.06 bits per heavy atom. The average molecular weight is 244 g/mol. The highest BCUT2D eigenvalue weighted by Gasteiger charge is 2.11. The number of oxime groups is 1. The van der Waals surface area contributed by atoms with Crippen molar-refractivity contribution < 1.29 is 9.94 Å². The van der Waals surface area contributed by atoms with E-state index < -0.39 is 0 Å². The number of rotatable bonds is 5. The molecule has 0 aromatic carbocycles. The van der Waals surface area contributed by atoms with E-state index in [0.29, 0.717) is 18.1 Å². The first-order valence-electron chi connectivity index (χ1n) is 4.95. The van der Waals surface area contributed by atoms with E-state index in [-0.39, 0.29) is 10.9 Å². The fourth-order valence-corrected chi connectivity index (χ4v) is 1.35. The van der Waals surface area contributed by atoms with E-state index >= 15 is 0 Å². The predicted octanol–water partition coefficient (Wildman–Crippen LogP) is 2.01. The van der Waals surface area contributed by atoms with Crippen LogP contribution in [-0.4, -0.2) is 22.6 Å². The van der Waals surface area contributed by atoms with Crippen molar-refractivity contribution in [2.45, 2.75) is 19.8 Å². The summed E-state index contributed by atoms with van der Waals surface area (Å²) in [7, 11) is 0. The molecule has 0 unspecified atom stereocenters. The van der Waals surface area contributed by atoms with Crippen molar-refractivity contribution in [2.75, 3.05) is 6.61 Å². The minimum absolute atomic E-state index is 0.0623. The third-order valence-electron chi connectivity index (χ3n) is 1.98. The third-order valence-corrected chi connectivity index (χ3v) is 2.34. The van der Waals surface area contributed by atoms with Gasteiger partial charge in [0.25, 0.3) is 0 Å². The van der Waals surface area contributed by atoms with Crippen molar-refractivity contribution in [3.63, 3.8) is 0 Å². The van der Waals surface area contributed by atoms with Crippen LogP contribution in [0.25, 0.3) is 0 Å². The van der Waals surface area contributed by atoms with Crippen molar-refractivity contribution in [3.8, 4) is 5.88 Å². The zero-order valence-corrected chi connectivity index (χ0v) is 9.74. The summed E-state index contributed by atoms with van der Waals surface area (Å²) in [5.74, 6) is 0.243. The molecule has 0 saturated heterocycles. The number of nitrogens with two attached hydrogens (primary N) is 1. The molecule has 1 aromatic heterocycles. The zero-order chi connectivity index (χ0) is 12.0. The summed E-state index contributed by atoms with van der Waals surface area (Å²) in [6, 6.07) is 1.56. The molecule has 1 rings (SSSR count). The second kappa shape index (κ2) is 6.17. The summed E-state index contributed by atoms with van der Waals surface area (Å²) in [6.45, 7) is 2.61. The van der Waals surface area contributed by atoms with Crippen LogP contribution >= 0.6 is 11.6 Å². The van der Waals surface area contributed by atoms with Gasteiger partial charge < -0.3 is 15.7 Å². The second-order valence-electron chi connectivity index (χ2n) is 3.16. The van der Waals surface area contributed by atoms with E-state index in [1.807, 2.05) is 0 Å². The Labute approximate surface area is 98.9 Å². The number of amidine groups is 1. The van der Waals surface area contributed by atoms with Crippen molar-refractivity contribution in [2.24, 2.45) is 10.9 Å². The van der Waals surface area contributed by atoms with Gasteiger partial charge in [0.1, 0.15) is 5.02 Å². The molecule has 0 amide bonds. The van der Waals surface area contributed by atoms with Crippen LogP contribution < -0.4 is 10.5 Å². The first kappa shape index (κ1) is 12.6. The summed E-state index contributed by atoms with van der Waals surface area (Å²) in [4.78, 5) is 3.98. The summed E-state index contributed by atoms with van der Waals surface area (Å²) < 4.78 is 5.38. The summed E-state index contributed by atoms with van der Waals surface area (Å²) in [6.07, 6.45) is 3.45. The van der Waals surface area contributed by atoms with E-state index in [1.54, 1.807) is 6.07 Å². The molecule has 0 atom stereocenters. The largest absolute Gasteiger partial charge is 0.477 e. The molecule has 0 aliphatic rings. The van der Waals surface area contributed by atoms with Crippen LogP contribution in [-0.2, 0) is 0 Å². The van der Waals surface area contributed by atoms with Gasteiger partial charge in [-0.3, -0.25) is 0 Å². The van der Waals surface area contributed by atoms with E-state index in [0.717, 1.165) is 12.8 Å². The monoisotopic (exact) mass is 243 g/mol. The predicted molar refractivity (Wildman–Crippen MR) is 62.2 cm³/mol. The Morgan fingerprint density at radius 2 is 2.44 bits per heavy atom. The topological polar surface area (TPSA) is 80.7 Å². The van der Waals surface area contributed by atoms with Gasteiger partial charge in [0.05, 0.1) is 6.61 Å². The van der Waals surface area contributed by atoms with Crippen LogP contribution in [0.5, 0.6) is 5.88 Å². The van der Waals surface area contributed by atoms with E-state index in [2.05, 4.69) is 17.1 Å². The van der Waals surface area contributed by atoms with Gasteiger partial charge in [-0.05, 0) is 12.5 Å².